The molecular weight excluding hydrogens is 208 g/mol. The van der Waals surface area contributed by atoms with E-state index in [1.807, 2.05) is 0 Å². The van der Waals surface area contributed by atoms with E-state index in [0.717, 1.165) is 26.1 Å². The van der Waals surface area contributed by atoms with Gasteiger partial charge in [0.05, 0.1) is 6.54 Å². The number of rotatable bonds is 7. The van der Waals surface area contributed by atoms with Gasteiger partial charge < -0.3 is 5.32 Å². The van der Waals surface area contributed by atoms with Crippen LogP contribution in [-0.2, 0) is 0 Å². The Morgan fingerprint density at radius 1 is 1.29 bits per heavy atom. The maximum absolute atomic E-state index is 5.43. The van der Waals surface area contributed by atoms with Gasteiger partial charge in [-0.05, 0) is 53.1 Å². The molecule has 0 rings (SSSR count). The zero-order chi connectivity index (χ0) is 13.5. The molecule has 1 N–H and O–H groups in total. The quantitative estimate of drug-likeness (QED) is 0.686. The van der Waals surface area contributed by atoms with Crippen LogP contribution in [0.1, 0.15) is 48.0 Å². The largest absolute Gasteiger partial charge is 0.312 e. The van der Waals surface area contributed by atoms with E-state index in [0.29, 0.717) is 12.0 Å². The molecule has 0 radical (unpaired) electrons. The summed E-state index contributed by atoms with van der Waals surface area (Å²) in [6.45, 7) is 16.3. The summed E-state index contributed by atoms with van der Waals surface area (Å²) in [5.41, 5.74) is 0.190. The topological polar surface area (TPSA) is 15.3 Å². The van der Waals surface area contributed by atoms with E-state index in [1.165, 1.54) is 0 Å². The van der Waals surface area contributed by atoms with E-state index in [9.17, 15) is 0 Å². The van der Waals surface area contributed by atoms with Gasteiger partial charge in [0.25, 0.3) is 0 Å². The lowest BCUT2D eigenvalue weighted by Gasteiger charge is -2.33. The predicted molar refractivity (Wildman–Crippen MR) is 77.1 cm³/mol. The Morgan fingerprint density at radius 3 is 2.29 bits per heavy atom. The van der Waals surface area contributed by atoms with Crippen LogP contribution in [0.15, 0.2) is 0 Å². The van der Waals surface area contributed by atoms with E-state index in [4.69, 9.17) is 6.42 Å². The van der Waals surface area contributed by atoms with Gasteiger partial charge in [0.15, 0.2) is 0 Å². The van der Waals surface area contributed by atoms with Crippen molar-refractivity contribution in [2.45, 2.75) is 59.5 Å². The third kappa shape index (κ3) is 7.41. The average molecular weight is 238 g/mol. The second-order valence-corrected chi connectivity index (χ2v) is 6.02. The fraction of sp³-hybridized carbons (Fsp3) is 0.867. The van der Waals surface area contributed by atoms with Crippen LogP contribution in [-0.4, -0.2) is 36.1 Å². The Bertz CT molecular complexity index is 234. The molecular formula is C15H30N2. The van der Waals surface area contributed by atoms with E-state index >= 15 is 0 Å². The van der Waals surface area contributed by atoms with E-state index in [1.54, 1.807) is 0 Å². The third-order valence-electron chi connectivity index (χ3n) is 3.16. The van der Waals surface area contributed by atoms with Gasteiger partial charge in [-0.15, -0.1) is 6.42 Å². The highest BCUT2D eigenvalue weighted by Gasteiger charge is 2.20. The van der Waals surface area contributed by atoms with Crippen molar-refractivity contribution in [3.05, 3.63) is 0 Å². The van der Waals surface area contributed by atoms with Crippen molar-refractivity contribution in [3.63, 3.8) is 0 Å². The molecule has 0 aromatic carbocycles. The summed E-state index contributed by atoms with van der Waals surface area (Å²) in [4.78, 5) is 2.40. The van der Waals surface area contributed by atoms with Crippen LogP contribution in [0.2, 0.25) is 0 Å². The van der Waals surface area contributed by atoms with Gasteiger partial charge >= 0.3 is 0 Å². The molecule has 0 spiro atoms. The van der Waals surface area contributed by atoms with Crippen LogP contribution < -0.4 is 5.32 Å². The van der Waals surface area contributed by atoms with E-state index in [2.05, 4.69) is 57.7 Å². The first kappa shape index (κ1) is 16.5. The summed E-state index contributed by atoms with van der Waals surface area (Å²) in [5.74, 6) is 3.37. The van der Waals surface area contributed by atoms with Gasteiger partial charge in [-0.3, -0.25) is 4.90 Å². The molecule has 0 aliphatic rings. The highest BCUT2D eigenvalue weighted by molar-refractivity contribution is 4.91. The highest BCUT2D eigenvalue weighted by Crippen LogP contribution is 2.12. The molecule has 2 unspecified atom stereocenters. The molecule has 17 heavy (non-hydrogen) atoms. The van der Waals surface area contributed by atoms with Gasteiger partial charge in [-0.1, -0.05) is 19.8 Å². The van der Waals surface area contributed by atoms with E-state index < -0.39 is 0 Å². The van der Waals surface area contributed by atoms with Crippen molar-refractivity contribution in [2.24, 2.45) is 5.92 Å². The van der Waals surface area contributed by atoms with Gasteiger partial charge in [0.2, 0.25) is 0 Å². The molecule has 0 saturated heterocycles. The monoisotopic (exact) mass is 238 g/mol. The normalized spacial score (nSPS) is 15.6. The minimum atomic E-state index is 0.190. The third-order valence-corrected chi connectivity index (χ3v) is 3.16. The standard InChI is InChI=1S/C15H30N2/c1-8-10-17(11-9-2)14(4)13(3)12-16-15(5,6)7/h1,13-14,16H,9-12H2,2-7H3. The van der Waals surface area contributed by atoms with Crippen LogP contribution in [0, 0.1) is 18.3 Å². The molecule has 2 heteroatoms. The van der Waals surface area contributed by atoms with Crippen molar-refractivity contribution in [1.82, 2.24) is 10.2 Å². The Morgan fingerprint density at radius 2 is 1.88 bits per heavy atom. The SMILES string of the molecule is C#CCN(CCC)C(C)C(C)CNC(C)(C)C. The van der Waals surface area contributed by atoms with Crippen LogP contribution >= 0.6 is 0 Å². The summed E-state index contributed by atoms with van der Waals surface area (Å²) >= 11 is 0. The number of hydrogen-bond acceptors (Lipinski definition) is 2. The number of nitrogens with one attached hydrogen (secondary N) is 1. The van der Waals surface area contributed by atoms with Crippen molar-refractivity contribution in [1.29, 1.82) is 0 Å². The molecule has 0 heterocycles. The highest BCUT2D eigenvalue weighted by atomic mass is 15.2. The molecule has 2 nitrogen and oxygen atoms in total. The van der Waals surface area contributed by atoms with E-state index in [-0.39, 0.29) is 5.54 Å². The molecule has 2 atom stereocenters. The smallest absolute Gasteiger partial charge is 0.0601 e. The lowest BCUT2D eigenvalue weighted by molar-refractivity contribution is 0.173. The Hall–Kier alpha value is -0.520. The molecule has 0 aliphatic heterocycles. The fourth-order valence-electron chi connectivity index (χ4n) is 1.83. The molecule has 0 fully saturated rings. The predicted octanol–water partition coefficient (Wildman–Crippen LogP) is 2.74. The molecule has 0 aliphatic carbocycles. The van der Waals surface area contributed by atoms with Gasteiger partial charge in [-0.25, -0.2) is 0 Å². The summed E-state index contributed by atoms with van der Waals surface area (Å²) in [7, 11) is 0. The van der Waals surface area contributed by atoms with Crippen molar-refractivity contribution >= 4 is 0 Å². The maximum Gasteiger partial charge on any atom is 0.0601 e. The van der Waals surface area contributed by atoms with Crippen LogP contribution in [0.4, 0.5) is 0 Å². The summed E-state index contributed by atoms with van der Waals surface area (Å²) in [6.07, 6.45) is 6.59. The van der Waals surface area contributed by atoms with Gasteiger partial charge in [0, 0.05) is 11.6 Å². The number of hydrogen-bond donors (Lipinski definition) is 1. The Balaban J connectivity index is 4.24. The second-order valence-electron chi connectivity index (χ2n) is 6.02. The molecule has 0 aromatic rings. The van der Waals surface area contributed by atoms with Gasteiger partial charge in [-0.2, -0.15) is 0 Å². The first-order valence-electron chi connectivity index (χ1n) is 6.74. The van der Waals surface area contributed by atoms with Crippen molar-refractivity contribution in [3.8, 4) is 12.3 Å². The number of terminal acetylenes is 1. The van der Waals surface area contributed by atoms with Crippen molar-refractivity contribution in [2.75, 3.05) is 19.6 Å². The fourth-order valence-corrected chi connectivity index (χ4v) is 1.83. The summed E-state index contributed by atoms with van der Waals surface area (Å²) in [5, 5.41) is 3.56. The lowest BCUT2D eigenvalue weighted by Crippen LogP contribution is -2.45. The summed E-state index contributed by atoms with van der Waals surface area (Å²) in [6, 6.07) is 0.529. The van der Waals surface area contributed by atoms with Crippen LogP contribution in [0.5, 0.6) is 0 Å². The number of nitrogens with zero attached hydrogens (tertiary/aromatic N) is 1. The Kier molecular flexibility index (Phi) is 7.50. The molecule has 0 amide bonds. The first-order chi connectivity index (χ1) is 7.81. The van der Waals surface area contributed by atoms with Crippen molar-refractivity contribution < 1.29 is 0 Å². The molecule has 100 valence electrons. The average Bonchev–Trinajstić information content (AvgIpc) is 2.23. The second kappa shape index (κ2) is 7.74. The lowest BCUT2D eigenvalue weighted by atomic mass is 9.99. The molecule has 0 saturated carbocycles. The molecule has 0 aromatic heterocycles. The first-order valence-corrected chi connectivity index (χ1v) is 6.74. The Labute approximate surface area is 108 Å². The minimum absolute atomic E-state index is 0.190. The van der Waals surface area contributed by atoms with Crippen LogP contribution in [0.25, 0.3) is 0 Å². The maximum atomic E-state index is 5.43. The van der Waals surface area contributed by atoms with Crippen LogP contribution in [0.3, 0.4) is 0 Å². The van der Waals surface area contributed by atoms with Gasteiger partial charge in [0.1, 0.15) is 0 Å². The zero-order valence-corrected chi connectivity index (χ0v) is 12.5. The molecule has 0 bridgehead atoms. The zero-order valence-electron chi connectivity index (χ0n) is 12.5. The minimum Gasteiger partial charge on any atom is -0.312 e. The summed E-state index contributed by atoms with van der Waals surface area (Å²) < 4.78 is 0.